The van der Waals surface area contributed by atoms with Gasteiger partial charge in [0.05, 0.1) is 12.0 Å². The van der Waals surface area contributed by atoms with Crippen LogP contribution in [0.1, 0.15) is 57.4 Å². The first-order valence-corrected chi connectivity index (χ1v) is 5.19. The van der Waals surface area contributed by atoms with Crippen LogP contribution in [0.3, 0.4) is 0 Å². The van der Waals surface area contributed by atoms with Crippen LogP contribution in [0, 0.1) is 0 Å². The molecule has 0 atom stereocenters. The fourth-order valence-corrected chi connectivity index (χ4v) is 1.27. The predicted molar refractivity (Wildman–Crippen MR) is 55.7 cm³/mol. The number of hydrogen-bond acceptors (Lipinski definition) is 3. The monoisotopic (exact) mass is 233 g/mol. The van der Waals surface area contributed by atoms with Crippen LogP contribution in [0.5, 0.6) is 0 Å². The van der Waals surface area contributed by atoms with Gasteiger partial charge in [0.1, 0.15) is 11.5 Å². The lowest BCUT2D eigenvalue weighted by atomic mass is 9.95. The zero-order valence-corrected chi connectivity index (χ0v) is 9.92. The third-order valence-electron chi connectivity index (χ3n) is 2.39. The van der Waals surface area contributed by atoms with E-state index in [4.69, 9.17) is 9.52 Å². The molecule has 1 aromatic heterocycles. The van der Waals surface area contributed by atoms with Crippen molar-refractivity contribution in [1.82, 2.24) is 4.98 Å². The van der Waals surface area contributed by atoms with E-state index in [9.17, 15) is 8.78 Å². The molecular weight excluding hydrogens is 216 g/mol. The van der Waals surface area contributed by atoms with Crippen molar-refractivity contribution in [2.45, 2.75) is 45.5 Å². The third-order valence-corrected chi connectivity index (χ3v) is 2.39. The van der Waals surface area contributed by atoms with Gasteiger partial charge in [0, 0.05) is 5.92 Å². The molecule has 3 nitrogen and oxygen atoms in total. The van der Waals surface area contributed by atoms with Gasteiger partial charge < -0.3 is 9.52 Å². The van der Waals surface area contributed by atoms with Crippen molar-refractivity contribution in [2.75, 3.05) is 6.61 Å². The van der Waals surface area contributed by atoms with Crippen LogP contribution in [0.15, 0.2) is 4.42 Å². The number of halogens is 2. The highest BCUT2D eigenvalue weighted by atomic mass is 19.3. The Hall–Kier alpha value is -0.970. The van der Waals surface area contributed by atoms with Gasteiger partial charge in [-0.2, -0.15) is 0 Å². The fraction of sp³-hybridized carbons (Fsp3) is 0.727. The zero-order chi connectivity index (χ0) is 12.5. The Morgan fingerprint density at radius 2 is 1.94 bits per heavy atom. The Balaban J connectivity index is 3.21. The van der Waals surface area contributed by atoms with Gasteiger partial charge in [0.25, 0.3) is 6.43 Å². The van der Waals surface area contributed by atoms with Crippen LogP contribution < -0.4 is 0 Å². The van der Waals surface area contributed by atoms with Gasteiger partial charge in [-0.1, -0.05) is 13.8 Å². The number of hydrogen-bond donors (Lipinski definition) is 1. The van der Waals surface area contributed by atoms with Crippen molar-refractivity contribution < 1.29 is 18.3 Å². The molecule has 0 saturated carbocycles. The lowest BCUT2D eigenvalue weighted by Gasteiger charge is -2.16. The minimum absolute atomic E-state index is 0.153. The van der Waals surface area contributed by atoms with Crippen LogP contribution in [0.4, 0.5) is 8.78 Å². The summed E-state index contributed by atoms with van der Waals surface area (Å²) in [6.07, 6.45) is -2.65. The zero-order valence-electron chi connectivity index (χ0n) is 9.92. The summed E-state index contributed by atoms with van der Waals surface area (Å²) >= 11 is 0. The highest BCUT2D eigenvalue weighted by Crippen LogP contribution is 2.32. The Morgan fingerprint density at radius 3 is 2.25 bits per heavy atom. The minimum atomic E-state index is -2.65. The second-order valence-electron chi connectivity index (χ2n) is 4.77. The normalized spacial score (nSPS) is 12.8. The van der Waals surface area contributed by atoms with Crippen LogP contribution in [0.2, 0.25) is 0 Å². The first-order valence-electron chi connectivity index (χ1n) is 5.19. The summed E-state index contributed by atoms with van der Waals surface area (Å²) in [5.74, 6) is 0.209. The Labute approximate surface area is 93.5 Å². The first kappa shape index (κ1) is 13.1. The van der Waals surface area contributed by atoms with Crippen LogP contribution in [-0.2, 0) is 5.41 Å². The molecule has 92 valence electrons. The van der Waals surface area contributed by atoms with Crippen molar-refractivity contribution in [3.63, 3.8) is 0 Å². The molecule has 1 rings (SSSR count). The van der Waals surface area contributed by atoms with E-state index in [1.54, 1.807) is 27.7 Å². The molecule has 1 aromatic rings. The summed E-state index contributed by atoms with van der Waals surface area (Å²) in [4.78, 5) is 3.80. The van der Waals surface area contributed by atoms with Gasteiger partial charge in [0.15, 0.2) is 0 Å². The number of aliphatic hydroxyl groups is 1. The van der Waals surface area contributed by atoms with E-state index in [0.717, 1.165) is 0 Å². The van der Waals surface area contributed by atoms with Crippen molar-refractivity contribution in [1.29, 1.82) is 0 Å². The molecule has 0 radical (unpaired) electrons. The number of oxazole rings is 1. The molecule has 0 fully saturated rings. The third kappa shape index (κ3) is 2.40. The first-order chi connectivity index (χ1) is 7.29. The maximum absolute atomic E-state index is 12.7. The fourth-order valence-electron chi connectivity index (χ4n) is 1.27. The standard InChI is InChI=1S/C11H17F2NO2/c1-6(2)8-7(9(12)13)14-10(16-8)11(3,4)5-15/h6,9,15H,5H2,1-4H3. The van der Waals surface area contributed by atoms with E-state index in [0.29, 0.717) is 0 Å². The molecule has 1 heterocycles. The van der Waals surface area contributed by atoms with Crippen LogP contribution in [0.25, 0.3) is 0 Å². The van der Waals surface area contributed by atoms with E-state index >= 15 is 0 Å². The van der Waals surface area contributed by atoms with E-state index in [-0.39, 0.29) is 29.9 Å². The topological polar surface area (TPSA) is 46.3 Å². The summed E-state index contributed by atoms with van der Waals surface area (Å²) in [7, 11) is 0. The van der Waals surface area contributed by atoms with Crippen molar-refractivity contribution in [3.8, 4) is 0 Å². The second kappa shape index (κ2) is 4.49. The molecule has 1 N–H and O–H groups in total. The largest absolute Gasteiger partial charge is 0.444 e. The number of alkyl halides is 2. The molecule has 0 unspecified atom stereocenters. The molecule has 5 heteroatoms. The van der Waals surface area contributed by atoms with Crippen molar-refractivity contribution in [3.05, 3.63) is 17.3 Å². The highest BCUT2D eigenvalue weighted by Gasteiger charge is 2.31. The molecule has 0 amide bonds. The van der Waals surface area contributed by atoms with Crippen LogP contribution in [-0.4, -0.2) is 16.7 Å². The highest BCUT2D eigenvalue weighted by molar-refractivity contribution is 5.18. The summed E-state index contributed by atoms with van der Waals surface area (Å²) in [5.41, 5.74) is -1.05. The minimum Gasteiger partial charge on any atom is -0.444 e. The van der Waals surface area contributed by atoms with E-state index in [2.05, 4.69) is 4.98 Å². The van der Waals surface area contributed by atoms with Crippen molar-refractivity contribution in [2.24, 2.45) is 0 Å². The van der Waals surface area contributed by atoms with Crippen LogP contribution >= 0.6 is 0 Å². The van der Waals surface area contributed by atoms with E-state index in [1.807, 2.05) is 0 Å². The lowest BCUT2D eigenvalue weighted by Crippen LogP contribution is -2.22. The SMILES string of the molecule is CC(C)c1oc(C(C)(C)CO)nc1C(F)F. The average molecular weight is 233 g/mol. The van der Waals surface area contributed by atoms with Gasteiger partial charge in [-0.3, -0.25) is 0 Å². The Kier molecular flexibility index (Phi) is 3.68. The summed E-state index contributed by atoms with van der Waals surface area (Å²) in [5, 5.41) is 9.14. The van der Waals surface area contributed by atoms with Crippen molar-refractivity contribution >= 4 is 0 Å². The molecule has 0 saturated heterocycles. The predicted octanol–water partition coefficient (Wildman–Crippen LogP) is 3.01. The summed E-state index contributed by atoms with van der Waals surface area (Å²) in [6.45, 7) is 6.72. The van der Waals surface area contributed by atoms with E-state index in [1.165, 1.54) is 0 Å². The number of aromatic nitrogens is 1. The van der Waals surface area contributed by atoms with E-state index < -0.39 is 11.8 Å². The van der Waals surface area contributed by atoms with Gasteiger partial charge in [-0.05, 0) is 13.8 Å². The smallest absolute Gasteiger partial charge is 0.283 e. The molecule has 0 aromatic carbocycles. The second-order valence-corrected chi connectivity index (χ2v) is 4.77. The number of aliphatic hydroxyl groups excluding tert-OH is 1. The molecule has 0 aliphatic heterocycles. The van der Waals surface area contributed by atoms with Gasteiger partial charge in [-0.15, -0.1) is 0 Å². The molecular formula is C11H17F2NO2. The van der Waals surface area contributed by atoms with Gasteiger partial charge in [-0.25, -0.2) is 13.8 Å². The maximum Gasteiger partial charge on any atom is 0.283 e. The van der Waals surface area contributed by atoms with Gasteiger partial charge in [0.2, 0.25) is 5.89 Å². The molecule has 0 spiro atoms. The van der Waals surface area contributed by atoms with Gasteiger partial charge >= 0.3 is 0 Å². The lowest BCUT2D eigenvalue weighted by molar-refractivity contribution is 0.143. The average Bonchev–Trinajstić information content (AvgIpc) is 2.62. The molecule has 16 heavy (non-hydrogen) atoms. The number of rotatable bonds is 4. The Bertz CT molecular complexity index is 333. The summed E-state index contributed by atoms with van der Waals surface area (Å²) in [6, 6.07) is 0. The maximum atomic E-state index is 12.7. The molecule has 0 aliphatic carbocycles. The molecule has 0 bridgehead atoms. The number of nitrogens with zero attached hydrogens (tertiary/aromatic N) is 1. The quantitative estimate of drug-likeness (QED) is 0.869. The molecule has 0 aliphatic rings. The summed E-state index contributed by atoms with van der Waals surface area (Å²) < 4.78 is 30.8. The Morgan fingerprint density at radius 1 is 1.38 bits per heavy atom.